The minimum absolute atomic E-state index is 0.301. The van der Waals surface area contributed by atoms with Crippen LogP contribution in [0, 0.1) is 5.92 Å². The Morgan fingerprint density at radius 1 is 1.46 bits per heavy atom. The summed E-state index contributed by atoms with van der Waals surface area (Å²) in [6.45, 7) is 5.30. The second kappa shape index (κ2) is 3.02. The lowest BCUT2D eigenvalue weighted by atomic mass is 10.1. The number of nitrogens with zero attached hydrogens (tertiary/aromatic N) is 1. The Hall–Kier alpha value is -1.05. The fourth-order valence-electron chi connectivity index (χ4n) is 1.96. The molecule has 0 aromatic carbocycles. The first kappa shape index (κ1) is 8.54. The number of hydrogen-bond acceptors (Lipinski definition) is 1. The van der Waals surface area contributed by atoms with Crippen LogP contribution in [0.1, 0.15) is 36.5 Å². The van der Waals surface area contributed by atoms with E-state index in [-0.39, 0.29) is 0 Å². The summed E-state index contributed by atoms with van der Waals surface area (Å²) in [4.78, 5) is 11.3. The van der Waals surface area contributed by atoms with Crippen LogP contribution in [0.3, 0.4) is 0 Å². The van der Waals surface area contributed by atoms with Gasteiger partial charge in [0.15, 0.2) is 5.78 Å². The number of ketones is 1. The summed E-state index contributed by atoms with van der Waals surface area (Å²) in [6, 6.07) is 4.06. The predicted molar refractivity (Wildman–Crippen MR) is 51.9 cm³/mol. The van der Waals surface area contributed by atoms with Crippen molar-refractivity contribution in [3.8, 4) is 0 Å². The molecule has 0 aliphatic carbocycles. The van der Waals surface area contributed by atoms with Crippen molar-refractivity contribution in [3.63, 3.8) is 0 Å². The van der Waals surface area contributed by atoms with E-state index in [1.165, 1.54) is 5.69 Å². The van der Waals surface area contributed by atoms with E-state index < -0.39 is 0 Å². The summed E-state index contributed by atoms with van der Waals surface area (Å²) in [7, 11) is 0. The van der Waals surface area contributed by atoms with Gasteiger partial charge in [0.05, 0.1) is 5.69 Å². The Morgan fingerprint density at radius 2 is 2.23 bits per heavy atom. The smallest absolute Gasteiger partial charge is 0.180 e. The van der Waals surface area contributed by atoms with E-state index in [1.54, 1.807) is 0 Å². The zero-order chi connectivity index (χ0) is 9.42. The van der Waals surface area contributed by atoms with Gasteiger partial charge < -0.3 is 4.57 Å². The van der Waals surface area contributed by atoms with E-state index in [1.807, 2.05) is 6.07 Å². The minimum Gasteiger partial charge on any atom is -0.342 e. The first-order valence-corrected chi connectivity index (χ1v) is 4.90. The van der Waals surface area contributed by atoms with Gasteiger partial charge in [-0.15, -0.1) is 0 Å². The minimum atomic E-state index is 0.301. The maximum absolute atomic E-state index is 11.3. The first-order valence-electron chi connectivity index (χ1n) is 4.90. The number of fused-ring (bicyclic) bond motifs is 1. The second-order valence-corrected chi connectivity index (χ2v) is 4.13. The fraction of sp³-hybridized carbons (Fsp3) is 0.545. The van der Waals surface area contributed by atoms with Gasteiger partial charge >= 0.3 is 0 Å². The van der Waals surface area contributed by atoms with Crippen molar-refractivity contribution in [1.82, 2.24) is 4.57 Å². The molecule has 0 spiro atoms. The maximum Gasteiger partial charge on any atom is 0.180 e. The largest absolute Gasteiger partial charge is 0.342 e. The molecule has 1 aromatic heterocycles. The topological polar surface area (TPSA) is 22.0 Å². The van der Waals surface area contributed by atoms with Crippen molar-refractivity contribution in [3.05, 3.63) is 23.5 Å². The van der Waals surface area contributed by atoms with Gasteiger partial charge in [0.2, 0.25) is 0 Å². The molecule has 0 bridgehead atoms. The van der Waals surface area contributed by atoms with Gasteiger partial charge in [-0.2, -0.15) is 0 Å². The summed E-state index contributed by atoms with van der Waals surface area (Å²) >= 11 is 0. The standard InChI is InChI=1S/C11H15NO/c1-8(2)7-9-3-4-10-11(13)5-6-12(9)10/h3-4,8H,5-7H2,1-2H3. The summed E-state index contributed by atoms with van der Waals surface area (Å²) in [5.41, 5.74) is 2.23. The number of carbonyl (C=O) groups is 1. The quantitative estimate of drug-likeness (QED) is 0.679. The van der Waals surface area contributed by atoms with Gasteiger partial charge in [0.1, 0.15) is 0 Å². The molecule has 2 nitrogen and oxygen atoms in total. The van der Waals surface area contributed by atoms with E-state index >= 15 is 0 Å². The van der Waals surface area contributed by atoms with Gasteiger partial charge in [-0.3, -0.25) is 4.79 Å². The van der Waals surface area contributed by atoms with Crippen molar-refractivity contribution >= 4 is 5.78 Å². The summed E-state index contributed by atoms with van der Waals surface area (Å²) < 4.78 is 2.17. The highest BCUT2D eigenvalue weighted by molar-refractivity contribution is 5.96. The van der Waals surface area contributed by atoms with Crippen molar-refractivity contribution in [2.45, 2.75) is 33.2 Å². The SMILES string of the molecule is CC(C)Cc1ccc2n1CCC2=O. The number of Topliss-reactive ketones (excluding diaryl/α,β-unsaturated/α-hetero) is 1. The van der Waals surface area contributed by atoms with Crippen LogP contribution in [0.25, 0.3) is 0 Å². The second-order valence-electron chi connectivity index (χ2n) is 4.13. The number of carbonyl (C=O) groups excluding carboxylic acids is 1. The Kier molecular flexibility index (Phi) is 1.98. The van der Waals surface area contributed by atoms with Gasteiger partial charge in [0, 0.05) is 18.7 Å². The lowest BCUT2D eigenvalue weighted by molar-refractivity contribution is 0.0994. The molecule has 0 N–H and O–H groups in total. The lowest BCUT2D eigenvalue weighted by Crippen LogP contribution is -2.03. The van der Waals surface area contributed by atoms with Crippen LogP contribution in [0.2, 0.25) is 0 Å². The summed E-state index contributed by atoms with van der Waals surface area (Å²) in [5, 5.41) is 0. The van der Waals surface area contributed by atoms with E-state index in [4.69, 9.17) is 0 Å². The van der Waals surface area contributed by atoms with Crippen LogP contribution < -0.4 is 0 Å². The van der Waals surface area contributed by atoms with E-state index in [0.29, 0.717) is 18.1 Å². The zero-order valence-electron chi connectivity index (χ0n) is 8.21. The third kappa shape index (κ3) is 1.41. The van der Waals surface area contributed by atoms with Crippen LogP contribution in [0.15, 0.2) is 12.1 Å². The molecular weight excluding hydrogens is 162 g/mol. The lowest BCUT2D eigenvalue weighted by Gasteiger charge is -2.07. The molecule has 70 valence electrons. The molecule has 2 rings (SSSR count). The normalized spacial score (nSPS) is 15.5. The highest BCUT2D eigenvalue weighted by Gasteiger charge is 2.21. The molecule has 0 unspecified atom stereocenters. The first-order chi connectivity index (χ1) is 6.18. The van der Waals surface area contributed by atoms with Crippen molar-refractivity contribution in [2.24, 2.45) is 5.92 Å². The summed E-state index contributed by atoms with van der Waals surface area (Å²) in [5.74, 6) is 0.963. The van der Waals surface area contributed by atoms with Crippen molar-refractivity contribution < 1.29 is 4.79 Å². The molecule has 2 heterocycles. The monoisotopic (exact) mass is 177 g/mol. The van der Waals surface area contributed by atoms with Gasteiger partial charge in [-0.25, -0.2) is 0 Å². The molecule has 13 heavy (non-hydrogen) atoms. The van der Waals surface area contributed by atoms with E-state index in [9.17, 15) is 4.79 Å². The van der Waals surface area contributed by atoms with E-state index in [2.05, 4.69) is 24.5 Å². The van der Waals surface area contributed by atoms with Crippen LogP contribution >= 0.6 is 0 Å². The predicted octanol–water partition coefficient (Wildman–Crippen LogP) is 2.27. The third-order valence-corrected chi connectivity index (χ3v) is 2.54. The van der Waals surface area contributed by atoms with E-state index in [0.717, 1.165) is 18.7 Å². The van der Waals surface area contributed by atoms with Crippen LogP contribution in [-0.4, -0.2) is 10.4 Å². The molecule has 0 saturated heterocycles. The average Bonchev–Trinajstić information content (AvgIpc) is 2.56. The van der Waals surface area contributed by atoms with Crippen molar-refractivity contribution in [2.75, 3.05) is 0 Å². The molecule has 1 aliphatic heterocycles. The highest BCUT2D eigenvalue weighted by atomic mass is 16.1. The third-order valence-electron chi connectivity index (χ3n) is 2.54. The molecular formula is C11H15NO. The molecule has 1 aromatic rings. The van der Waals surface area contributed by atoms with Crippen LogP contribution in [-0.2, 0) is 13.0 Å². The molecule has 2 heteroatoms. The van der Waals surface area contributed by atoms with Gasteiger partial charge in [-0.1, -0.05) is 13.8 Å². The molecule has 0 radical (unpaired) electrons. The molecule has 0 amide bonds. The number of hydrogen-bond donors (Lipinski definition) is 0. The fourth-order valence-corrected chi connectivity index (χ4v) is 1.96. The Balaban J connectivity index is 2.30. The Morgan fingerprint density at radius 3 is 2.92 bits per heavy atom. The molecule has 1 aliphatic rings. The Bertz CT molecular complexity index is 336. The molecule has 0 atom stereocenters. The van der Waals surface area contributed by atoms with Crippen LogP contribution in [0.5, 0.6) is 0 Å². The maximum atomic E-state index is 11.3. The van der Waals surface area contributed by atoms with Gasteiger partial charge in [0.25, 0.3) is 0 Å². The summed E-state index contributed by atoms with van der Waals surface area (Å²) in [6.07, 6.45) is 1.77. The van der Waals surface area contributed by atoms with Gasteiger partial charge in [-0.05, 0) is 24.5 Å². The number of rotatable bonds is 2. The average molecular weight is 177 g/mol. The Labute approximate surface area is 78.6 Å². The molecule has 0 saturated carbocycles. The van der Waals surface area contributed by atoms with Crippen LogP contribution in [0.4, 0.5) is 0 Å². The number of aromatic nitrogens is 1. The highest BCUT2D eigenvalue weighted by Crippen LogP contribution is 2.20. The van der Waals surface area contributed by atoms with Crippen molar-refractivity contribution in [1.29, 1.82) is 0 Å². The zero-order valence-corrected chi connectivity index (χ0v) is 8.21. The molecule has 0 fully saturated rings.